The van der Waals surface area contributed by atoms with Gasteiger partial charge in [-0.25, -0.2) is 5.43 Å². The molecule has 2 aromatic rings. The summed E-state index contributed by atoms with van der Waals surface area (Å²) < 4.78 is 5.29. The fraction of sp³-hybridized carbons (Fsp3) is 0.125. The molecule has 0 aromatic heterocycles. The lowest BCUT2D eigenvalue weighted by atomic mass is 10.2. The Kier molecular flexibility index (Phi) is 5.40. The normalized spacial score (nSPS) is 10.5. The summed E-state index contributed by atoms with van der Waals surface area (Å²) in [5.41, 5.74) is 3.29. The Morgan fingerprint density at radius 2 is 2.04 bits per heavy atom. The highest BCUT2D eigenvalue weighted by Gasteiger charge is 2.05. The summed E-state index contributed by atoms with van der Waals surface area (Å²) in [6, 6.07) is 12.6. The van der Waals surface area contributed by atoms with Crippen molar-refractivity contribution in [3.8, 4) is 5.75 Å². The fourth-order valence-electron chi connectivity index (χ4n) is 1.82. The molecule has 0 saturated carbocycles. The van der Waals surface area contributed by atoms with E-state index in [-0.39, 0.29) is 11.6 Å². The molecule has 7 nitrogen and oxygen atoms in total. The Labute approximate surface area is 132 Å². The van der Waals surface area contributed by atoms with Gasteiger partial charge in [-0.15, -0.1) is 0 Å². The second-order valence-electron chi connectivity index (χ2n) is 4.51. The number of carbonyl (C=O) groups excluding carboxylic acids is 1. The summed E-state index contributed by atoms with van der Waals surface area (Å²) in [6.45, 7) is 2.43. The van der Waals surface area contributed by atoms with Crippen LogP contribution in [-0.2, 0) is 0 Å². The minimum Gasteiger partial charge on any atom is -0.494 e. The van der Waals surface area contributed by atoms with Gasteiger partial charge in [0.15, 0.2) is 0 Å². The van der Waals surface area contributed by atoms with E-state index in [9.17, 15) is 14.9 Å². The van der Waals surface area contributed by atoms with Gasteiger partial charge in [0.05, 0.1) is 17.7 Å². The van der Waals surface area contributed by atoms with Crippen LogP contribution in [0.4, 0.5) is 5.69 Å². The topological polar surface area (TPSA) is 93.8 Å². The molecule has 2 aromatic carbocycles. The van der Waals surface area contributed by atoms with Gasteiger partial charge < -0.3 is 4.74 Å². The molecule has 0 heterocycles. The standard InChI is InChI=1S/C16H15N3O4/c1-2-23-15-8-6-13(7-9-15)16(20)18-17-11-12-4-3-5-14(10-12)19(21)22/h3-11H,2H2,1H3,(H,18,20). The number of ether oxygens (including phenoxy) is 1. The third-order valence-corrected chi connectivity index (χ3v) is 2.89. The lowest BCUT2D eigenvalue weighted by molar-refractivity contribution is -0.384. The SMILES string of the molecule is CCOc1ccc(C(=O)NN=Cc2cccc([N+](=O)[O-])c2)cc1. The summed E-state index contributed by atoms with van der Waals surface area (Å²) in [5, 5.41) is 14.5. The van der Waals surface area contributed by atoms with Crippen molar-refractivity contribution in [2.24, 2.45) is 5.10 Å². The maximum Gasteiger partial charge on any atom is 0.271 e. The molecular formula is C16H15N3O4. The number of hydrazone groups is 1. The minimum absolute atomic E-state index is 0.0354. The Morgan fingerprint density at radius 1 is 1.30 bits per heavy atom. The van der Waals surface area contributed by atoms with Gasteiger partial charge >= 0.3 is 0 Å². The van der Waals surface area contributed by atoms with Crippen molar-refractivity contribution in [3.05, 3.63) is 69.8 Å². The molecule has 0 aliphatic heterocycles. The van der Waals surface area contributed by atoms with E-state index in [2.05, 4.69) is 10.5 Å². The van der Waals surface area contributed by atoms with Gasteiger partial charge in [-0.2, -0.15) is 5.10 Å². The molecule has 7 heteroatoms. The van der Waals surface area contributed by atoms with Crippen LogP contribution in [0.2, 0.25) is 0 Å². The molecule has 2 rings (SSSR count). The zero-order valence-corrected chi connectivity index (χ0v) is 12.4. The van der Waals surface area contributed by atoms with Crippen molar-refractivity contribution in [2.75, 3.05) is 6.61 Å². The van der Waals surface area contributed by atoms with E-state index in [4.69, 9.17) is 4.74 Å². The van der Waals surface area contributed by atoms with Crippen molar-refractivity contribution < 1.29 is 14.5 Å². The van der Waals surface area contributed by atoms with Crippen LogP contribution in [0, 0.1) is 10.1 Å². The Morgan fingerprint density at radius 3 is 2.70 bits per heavy atom. The maximum atomic E-state index is 11.9. The number of nitrogens with one attached hydrogen (secondary N) is 1. The highest BCUT2D eigenvalue weighted by Crippen LogP contribution is 2.12. The quantitative estimate of drug-likeness (QED) is 0.504. The molecule has 0 radical (unpaired) electrons. The van der Waals surface area contributed by atoms with Crippen LogP contribution in [0.1, 0.15) is 22.8 Å². The molecule has 0 aliphatic carbocycles. The van der Waals surface area contributed by atoms with Crippen LogP contribution in [0.15, 0.2) is 53.6 Å². The number of nitrogens with zero attached hydrogens (tertiary/aromatic N) is 2. The maximum absolute atomic E-state index is 11.9. The summed E-state index contributed by atoms with van der Waals surface area (Å²) in [4.78, 5) is 22.1. The van der Waals surface area contributed by atoms with E-state index >= 15 is 0 Å². The molecule has 1 N–H and O–H groups in total. The van der Waals surface area contributed by atoms with E-state index in [1.54, 1.807) is 36.4 Å². The first-order valence-electron chi connectivity index (χ1n) is 6.91. The molecule has 0 unspecified atom stereocenters. The zero-order chi connectivity index (χ0) is 16.7. The molecule has 0 atom stereocenters. The van der Waals surface area contributed by atoms with Gasteiger partial charge in [-0.05, 0) is 31.2 Å². The molecule has 0 saturated heterocycles. The first-order chi connectivity index (χ1) is 11.1. The fourth-order valence-corrected chi connectivity index (χ4v) is 1.82. The highest BCUT2D eigenvalue weighted by molar-refractivity contribution is 5.95. The lowest BCUT2D eigenvalue weighted by Crippen LogP contribution is -2.17. The van der Waals surface area contributed by atoms with Gasteiger partial charge in [0.2, 0.25) is 0 Å². The number of carbonyl (C=O) groups is 1. The molecular weight excluding hydrogens is 298 g/mol. The number of non-ortho nitro benzene ring substituents is 1. The van der Waals surface area contributed by atoms with Gasteiger partial charge in [0.1, 0.15) is 5.75 Å². The van der Waals surface area contributed by atoms with E-state index in [0.717, 1.165) is 0 Å². The summed E-state index contributed by atoms with van der Waals surface area (Å²) >= 11 is 0. The molecule has 0 aliphatic rings. The predicted molar refractivity (Wildman–Crippen MR) is 85.8 cm³/mol. The number of hydrogen-bond donors (Lipinski definition) is 1. The predicted octanol–water partition coefficient (Wildman–Crippen LogP) is 2.76. The summed E-state index contributed by atoms with van der Waals surface area (Å²) in [5.74, 6) is 0.305. The summed E-state index contributed by atoms with van der Waals surface area (Å²) in [6.07, 6.45) is 1.35. The van der Waals surface area contributed by atoms with E-state index in [1.807, 2.05) is 6.92 Å². The molecule has 118 valence electrons. The zero-order valence-electron chi connectivity index (χ0n) is 12.4. The van der Waals surface area contributed by atoms with Crippen LogP contribution < -0.4 is 10.2 Å². The number of rotatable bonds is 6. The van der Waals surface area contributed by atoms with Crippen LogP contribution >= 0.6 is 0 Å². The molecule has 1 amide bonds. The van der Waals surface area contributed by atoms with Crippen molar-refractivity contribution in [2.45, 2.75) is 6.92 Å². The Hall–Kier alpha value is -3.22. The number of nitro groups is 1. The number of hydrogen-bond acceptors (Lipinski definition) is 5. The third-order valence-electron chi connectivity index (χ3n) is 2.89. The second-order valence-corrected chi connectivity index (χ2v) is 4.51. The van der Waals surface area contributed by atoms with Gasteiger partial charge in [0.25, 0.3) is 11.6 Å². The third kappa shape index (κ3) is 4.63. The highest BCUT2D eigenvalue weighted by atomic mass is 16.6. The van der Waals surface area contributed by atoms with Crippen LogP contribution in [0.3, 0.4) is 0 Å². The molecule has 0 spiro atoms. The van der Waals surface area contributed by atoms with Gasteiger partial charge in [-0.1, -0.05) is 12.1 Å². The number of amides is 1. The van der Waals surface area contributed by atoms with Crippen molar-refractivity contribution in [3.63, 3.8) is 0 Å². The molecule has 23 heavy (non-hydrogen) atoms. The Bertz CT molecular complexity index is 726. The monoisotopic (exact) mass is 313 g/mol. The lowest BCUT2D eigenvalue weighted by Gasteiger charge is -2.04. The molecule has 0 fully saturated rings. The Balaban J connectivity index is 1.98. The van der Waals surface area contributed by atoms with Crippen molar-refractivity contribution in [1.82, 2.24) is 5.43 Å². The van der Waals surface area contributed by atoms with Crippen molar-refractivity contribution >= 4 is 17.8 Å². The number of benzene rings is 2. The van der Waals surface area contributed by atoms with Gasteiger partial charge in [0, 0.05) is 23.3 Å². The van der Waals surface area contributed by atoms with Crippen LogP contribution in [0.25, 0.3) is 0 Å². The van der Waals surface area contributed by atoms with E-state index in [0.29, 0.717) is 23.5 Å². The largest absolute Gasteiger partial charge is 0.494 e. The minimum atomic E-state index is -0.490. The van der Waals surface area contributed by atoms with Crippen molar-refractivity contribution in [1.29, 1.82) is 0 Å². The average Bonchev–Trinajstić information content (AvgIpc) is 2.56. The van der Waals surface area contributed by atoms with Crippen LogP contribution in [-0.4, -0.2) is 23.7 Å². The average molecular weight is 313 g/mol. The first-order valence-corrected chi connectivity index (χ1v) is 6.91. The van der Waals surface area contributed by atoms with E-state index in [1.165, 1.54) is 18.3 Å². The second kappa shape index (κ2) is 7.69. The smallest absolute Gasteiger partial charge is 0.271 e. The number of nitro benzene ring substituents is 1. The molecule has 0 bridgehead atoms. The van der Waals surface area contributed by atoms with Gasteiger partial charge in [-0.3, -0.25) is 14.9 Å². The van der Waals surface area contributed by atoms with Crippen LogP contribution in [0.5, 0.6) is 5.75 Å². The van der Waals surface area contributed by atoms with E-state index < -0.39 is 4.92 Å². The summed E-state index contributed by atoms with van der Waals surface area (Å²) in [7, 11) is 0. The first kappa shape index (κ1) is 16.2.